The molecule has 0 aliphatic rings. The number of ether oxygens (including phenoxy) is 2. The zero-order chi connectivity index (χ0) is 18.5. The van der Waals surface area contributed by atoms with Gasteiger partial charge in [-0.05, 0) is 42.6 Å². The van der Waals surface area contributed by atoms with Crippen molar-refractivity contribution < 1.29 is 19.4 Å². The first-order valence-corrected chi connectivity index (χ1v) is 9.00. The number of rotatable bonds is 13. The first-order chi connectivity index (χ1) is 12.7. The van der Waals surface area contributed by atoms with Crippen molar-refractivity contribution in [2.75, 3.05) is 26.3 Å². The maximum absolute atomic E-state index is 10.4. The Balaban J connectivity index is 1.53. The molecule has 0 aromatic heterocycles. The number of aryl methyl sites for hydroxylation is 1. The minimum Gasteiger partial charge on any atom is -0.491 e. The van der Waals surface area contributed by atoms with Gasteiger partial charge in [0.1, 0.15) is 12.4 Å². The number of carbonyl (C=O) groups is 1. The van der Waals surface area contributed by atoms with Gasteiger partial charge in [-0.25, -0.2) is 0 Å². The molecule has 2 aromatic rings. The molecule has 0 saturated heterocycles. The predicted molar refractivity (Wildman–Crippen MR) is 101 cm³/mol. The SMILES string of the molecule is O=C(O)CCNCCCc1ccc(OCCOCc2ccccc2)cc1. The van der Waals surface area contributed by atoms with Crippen LogP contribution in [0.25, 0.3) is 0 Å². The van der Waals surface area contributed by atoms with Crippen LogP contribution in [0.15, 0.2) is 54.6 Å². The van der Waals surface area contributed by atoms with Crippen molar-refractivity contribution in [3.8, 4) is 5.75 Å². The third-order valence-electron chi connectivity index (χ3n) is 3.87. The third-order valence-corrected chi connectivity index (χ3v) is 3.87. The molecule has 2 aromatic carbocycles. The van der Waals surface area contributed by atoms with Crippen LogP contribution in [0.3, 0.4) is 0 Å². The van der Waals surface area contributed by atoms with Crippen molar-refractivity contribution in [3.05, 3.63) is 65.7 Å². The predicted octanol–water partition coefficient (Wildman–Crippen LogP) is 3.28. The average Bonchev–Trinajstić information content (AvgIpc) is 2.66. The Labute approximate surface area is 155 Å². The maximum Gasteiger partial charge on any atom is 0.304 e. The van der Waals surface area contributed by atoms with Gasteiger partial charge in [-0.1, -0.05) is 42.5 Å². The number of aliphatic carboxylic acids is 1. The molecule has 0 spiro atoms. The Kier molecular flexibility index (Phi) is 9.25. The van der Waals surface area contributed by atoms with E-state index in [2.05, 4.69) is 17.4 Å². The van der Waals surface area contributed by atoms with Crippen molar-refractivity contribution in [2.24, 2.45) is 0 Å². The highest BCUT2D eigenvalue weighted by molar-refractivity contribution is 5.66. The van der Waals surface area contributed by atoms with Crippen molar-refractivity contribution in [2.45, 2.75) is 25.9 Å². The molecule has 0 radical (unpaired) electrons. The summed E-state index contributed by atoms with van der Waals surface area (Å²) in [4.78, 5) is 10.4. The molecule has 5 heteroatoms. The van der Waals surface area contributed by atoms with Crippen LogP contribution in [0.2, 0.25) is 0 Å². The molecule has 0 aliphatic carbocycles. The summed E-state index contributed by atoms with van der Waals surface area (Å²) < 4.78 is 11.3. The summed E-state index contributed by atoms with van der Waals surface area (Å²) in [6.07, 6.45) is 2.11. The van der Waals surface area contributed by atoms with Crippen molar-refractivity contribution in [3.63, 3.8) is 0 Å². The maximum atomic E-state index is 10.4. The van der Waals surface area contributed by atoms with E-state index >= 15 is 0 Å². The highest BCUT2D eigenvalue weighted by Gasteiger charge is 1.99. The van der Waals surface area contributed by atoms with E-state index in [-0.39, 0.29) is 6.42 Å². The molecule has 26 heavy (non-hydrogen) atoms. The van der Waals surface area contributed by atoms with Gasteiger partial charge in [-0.3, -0.25) is 4.79 Å². The summed E-state index contributed by atoms with van der Waals surface area (Å²) in [5, 5.41) is 11.7. The van der Waals surface area contributed by atoms with Gasteiger partial charge < -0.3 is 19.9 Å². The van der Waals surface area contributed by atoms with Gasteiger partial charge in [0, 0.05) is 6.54 Å². The zero-order valence-corrected chi connectivity index (χ0v) is 15.0. The average molecular weight is 357 g/mol. The fourth-order valence-electron chi connectivity index (χ4n) is 2.47. The standard InChI is InChI=1S/C21H27NO4/c23-21(24)12-14-22-13-4-7-18-8-10-20(11-9-18)26-16-15-25-17-19-5-2-1-3-6-19/h1-3,5-6,8-11,22H,4,7,12-17H2,(H,23,24). The summed E-state index contributed by atoms with van der Waals surface area (Å²) in [7, 11) is 0. The molecular weight excluding hydrogens is 330 g/mol. The zero-order valence-electron chi connectivity index (χ0n) is 15.0. The van der Waals surface area contributed by atoms with Crippen LogP contribution in [-0.2, 0) is 22.6 Å². The summed E-state index contributed by atoms with van der Waals surface area (Å²) in [6, 6.07) is 18.2. The van der Waals surface area contributed by atoms with Crippen LogP contribution in [0.4, 0.5) is 0 Å². The fraction of sp³-hybridized carbons (Fsp3) is 0.381. The van der Waals surface area contributed by atoms with E-state index in [1.165, 1.54) is 5.56 Å². The molecule has 140 valence electrons. The van der Waals surface area contributed by atoms with Gasteiger partial charge in [-0.2, -0.15) is 0 Å². The molecule has 0 heterocycles. The normalized spacial score (nSPS) is 10.6. The Bertz CT molecular complexity index is 628. The summed E-state index contributed by atoms with van der Waals surface area (Å²) >= 11 is 0. The summed E-state index contributed by atoms with van der Waals surface area (Å²) in [5.41, 5.74) is 2.41. The van der Waals surface area contributed by atoms with Crippen LogP contribution >= 0.6 is 0 Å². The largest absolute Gasteiger partial charge is 0.491 e. The van der Waals surface area contributed by atoms with Crippen LogP contribution in [0.1, 0.15) is 24.0 Å². The molecule has 0 fully saturated rings. The monoisotopic (exact) mass is 357 g/mol. The van der Waals surface area contributed by atoms with Crippen molar-refractivity contribution in [1.29, 1.82) is 0 Å². The van der Waals surface area contributed by atoms with E-state index in [0.717, 1.165) is 30.7 Å². The second kappa shape index (κ2) is 12.1. The number of hydrogen-bond donors (Lipinski definition) is 2. The van der Waals surface area contributed by atoms with Crippen LogP contribution in [0.5, 0.6) is 5.75 Å². The number of carboxylic acids is 1. The number of hydrogen-bond acceptors (Lipinski definition) is 4. The molecule has 0 atom stereocenters. The van der Waals surface area contributed by atoms with Crippen LogP contribution < -0.4 is 10.1 Å². The molecule has 0 amide bonds. The van der Waals surface area contributed by atoms with Crippen molar-refractivity contribution >= 4 is 5.97 Å². The lowest BCUT2D eigenvalue weighted by Gasteiger charge is -2.08. The lowest BCUT2D eigenvalue weighted by molar-refractivity contribution is -0.136. The van der Waals surface area contributed by atoms with E-state index < -0.39 is 5.97 Å². The minimum absolute atomic E-state index is 0.168. The number of nitrogens with one attached hydrogen (secondary N) is 1. The highest BCUT2D eigenvalue weighted by Crippen LogP contribution is 2.13. The van der Waals surface area contributed by atoms with Gasteiger partial charge in [0.25, 0.3) is 0 Å². The van der Waals surface area contributed by atoms with E-state index in [1.807, 2.05) is 42.5 Å². The molecule has 2 rings (SSSR count). The van der Waals surface area contributed by atoms with E-state index in [0.29, 0.717) is 26.4 Å². The number of carboxylic acid groups (broad SMARTS) is 1. The van der Waals surface area contributed by atoms with Gasteiger partial charge in [-0.15, -0.1) is 0 Å². The first kappa shape index (κ1) is 19.9. The summed E-state index contributed by atoms with van der Waals surface area (Å²) in [5.74, 6) is 0.0789. The van der Waals surface area contributed by atoms with E-state index in [4.69, 9.17) is 14.6 Å². The Hall–Kier alpha value is -2.37. The Morgan fingerprint density at radius 3 is 2.42 bits per heavy atom. The summed E-state index contributed by atoms with van der Waals surface area (Å²) in [6.45, 7) is 3.03. The Morgan fingerprint density at radius 2 is 1.69 bits per heavy atom. The van der Waals surface area contributed by atoms with Gasteiger partial charge >= 0.3 is 5.97 Å². The fourth-order valence-corrected chi connectivity index (χ4v) is 2.47. The van der Waals surface area contributed by atoms with Crippen LogP contribution in [0, 0.1) is 0 Å². The van der Waals surface area contributed by atoms with Crippen LogP contribution in [-0.4, -0.2) is 37.4 Å². The highest BCUT2D eigenvalue weighted by atomic mass is 16.5. The quantitative estimate of drug-likeness (QED) is 0.539. The molecule has 0 bridgehead atoms. The molecular formula is C21H27NO4. The minimum atomic E-state index is -0.765. The molecule has 0 aliphatic heterocycles. The second-order valence-corrected chi connectivity index (χ2v) is 6.03. The van der Waals surface area contributed by atoms with Gasteiger partial charge in [0.2, 0.25) is 0 Å². The lowest BCUT2D eigenvalue weighted by Crippen LogP contribution is -2.19. The first-order valence-electron chi connectivity index (χ1n) is 9.00. The molecule has 0 unspecified atom stereocenters. The number of benzene rings is 2. The van der Waals surface area contributed by atoms with Crippen molar-refractivity contribution in [1.82, 2.24) is 5.32 Å². The lowest BCUT2D eigenvalue weighted by atomic mass is 10.1. The molecule has 2 N–H and O–H groups in total. The van der Waals surface area contributed by atoms with Gasteiger partial charge in [0.05, 0.1) is 19.6 Å². The molecule has 5 nitrogen and oxygen atoms in total. The van der Waals surface area contributed by atoms with Gasteiger partial charge in [0.15, 0.2) is 0 Å². The third kappa shape index (κ3) is 8.65. The second-order valence-electron chi connectivity index (χ2n) is 6.03. The topological polar surface area (TPSA) is 67.8 Å². The Morgan fingerprint density at radius 1 is 0.923 bits per heavy atom. The molecule has 0 saturated carbocycles. The van der Waals surface area contributed by atoms with E-state index in [1.54, 1.807) is 0 Å². The smallest absolute Gasteiger partial charge is 0.304 e. The van der Waals surface area contributed by atoms with E-state index in [9.17, 15) is 4.79 Å².